The highest BCUT2D eigenvalue weighted by atomic mass is 14.4. The number of aryl methyl sites for hydroxylation is 1. The van der Waals surface area contributed by atoms with E-state index in [0.717, 1.165) is 23.7 Å². The Labute approximate surface area is 166 Å². The second kappa shape index (κ2) is 15.3. The molecule has 1 aromatic carbocycles. The van der Waals surface area contributed by atoms with Crippen LogP contribution in [0.4, 0.5) is 0 Å². The number of hydrogen-bond donors (Lipinski definition) is 0. The summed E-state index contributed by atoms with van der Waals surface area (Å²) in [5, 5.41) is 0. The van der Waals surface area contributed by atoms with Gasteiger partial charge in [-0.1, -0.05) is 91.1 Å². The van der Waals surface area contributed by atoms with E-state index in [4.69, 9.17) is 0 Å². The molecule has 0 heterocycles. The van der Waals surface area contributed by atoms with Gasteiger partial charge < -0.3 is 0 Å². The van der Waals surface area contributed by atoms with Crippen LogP contribution < -0.4 is 0 Å². The van der Waals surface area contributed by atoms with Crippen molar-refractivity contribution in [2.75, 3.05) is 0 Å². The molecule has 152 valence electrons. The van der Waals surface area contributed by atoms with Crippen molar-refractivity contribution in [3.8, 4) is 0 Å². The summed E-state index contributed by atoms with van der Waals surface area (Å²) in [5.74, 6) is 3.94. The van der Waals surface area contributed by atoms with Crippen LogP contribution in [0.2, 0.25) is 0 Å². The van der Waals surface area contributed by atoms with E-state index in [1.807, 2.05) is 41.5 Å². The van der Waals surface area contributed by atoms with Gasteiger partial charge in [-0.05, 0) is 74.7 Å². The Hall–Kier alpha value is -0.780. The highest BCUT2D eigenvalue weighted by Gasteiger charge is 2.30. The minimum absolute atomic E-state index is 0.842. The maximum Gasteiger partial charge on any atom is -0.0162 e. The van der Waals surface area contributed by atoms with Crippen LogP contribution in [0.3, 0.4) is 0 Å². The van der Waals surface area contributed by atoms with Gasteiger partial charge in [-0.25, -0.2) is 0 Å². The molecule has 1 aromatic rings. The molecule has 0 aliphatic heterocycles. The Kier molecular flexibility index (Phi) is 14.8. The molecule has 2 saturated carbocycles. The van der Waals surface area contributed by atoms with E-state index in [-0.39, 0.29) is 0 Å². The summed E-state index contributed by atoms with van der Waals surface area (Å²) < 4.78 is 0. The molecule has 2 aliphatic carbocycles. The Morgan fingerprint density at radius 2 is 0.962 bits per heavy atom. The predicted molar refractivity (Wildman–Crippen MR) is 121 cm³/mol. The third-order valence-electron chi connectivity index (χ3n) is 6.05. The summed E-state index contributed by atoms with van der Waals surface area (Å²) in [6.45, 7) is 16.6. The van der Waals surface area contributed by atoms with Gasteiger partial charge in [-0.15, -0.1) is 0 Å². The topological polar surface area (TPSA) is 0 Å². The highest BCUT2D eigenvalue weighted by Crippen LogP contribution is 2.43. The van der Waals surface area contributed by atoms with Crippen LogP contribution in [0, 0.1) is 24.7 Å². The zero-order chi connectivity index (χ0) is 19.9. The van der Waals surface area contributed by atoms with Gasteiger partial charge in [0, 0.05) is 0 Å². The average molecular weight is 361 g/mol. The normalized spacial score (nSPS) is 27.5. The Morgan fingerprint density at radius 3 is 1.38 bits per heavy atom. The third kappa shape index (κ3) is 8.28. The van der Waals surface area contributed by atoms with Crippen molar-refractivity contribution in [3.05, 3.63) is 35.4 Å². The predicted octanol–water partition coefficient (Wildman–Crippen LogP) is 9.17. The number of rotatable bonds is 2. The molecule has 0 heteroatoms. The van der Waals surface area contributed by atoms with Crippen LogP contribution in [0.1, 0.15) is 117 Å². The zero-order valence-corrected chi connectivity index (χ0v) is 19.3. The third-order valence-corrected chi connectivity index (χ3v) is 6.05. The van der Waals surface area contributed by atoms with E-state index in [0.29, 0.717) is 0 Å². The molecule has 2 fully saturated rings. The summed E-state index contributed by atoms with van der Waals surface area (Å²) in [6, 6.07) is 9.29. The molecule has 0 amide bonds. The molecule has 0 N–H and O–H groups in total. The quantitative estimate of drug-likeness (QED) is 0.493. The lowest BCUT2D eigenvalue weighted by Gasteiger charge is -2.37. The highest BCUT2D eigenvalue weighted by molar-refractivity contribution is 5.24. The lowest BCUT2D eigenvalue weighted by atomic mass is 9.68. The first kappa shape index (κ1) is 25.2. The van der Waals surface area contributed by atoms with Crippen LogP contribution in [0.25, 0.3) is 0 Å². The largest absolute Gasteiger partial charge is 0.0683 e. The Balaban J connectivity index is 0.000000948. The smallest absolute Gasteiger partial charge is 0.0162 e. The minimum atomic E-state index is 0.842. The van der Waals surface area contributed by atoms with Crippen LogP contribution >= 0.6 is 0 Å². The molecule has 2 aliphatic rings. The molecular weight excluding hydrogens is 312 g/mol. The maximum absolute atomic E-state index is 2.44. The van der Waals surface area contributed by atoms with Crippen molar-refractivity contribution in [2.45, 2.75) is 113 Å². The fraction of sp³-hybridized carbons (Fsp3) is 0.769. The second-order valence-electron chi connectivity index (χ2n) is 7.54. The second-order valence-corrected chi connectivity index (χ2v) is 7.54. The van der Waals surface area contributed by atoms with Gasteiger partial charge >= 0.3 is 0 Å². The molecule has 0 bridgehead atoms. The van der Waals surface area contributed by atoms with Crippen LogP contribution in [0.15, 0.2) is 24.3 Å². The Morgan fingerprint density at radius 1 is 0.577 bits per heavy atom. The van der Waals surface area contributed by atoms with Gasteiger partial charge in [0.1, 0.15) is 0 Å². The van der Waals surface area contributed by atoms with Crippen LogP contribution in [-0.4, -0.2) is 0 Å². The molecule has 26 heavy (non-hydrogen) atoms. The SMILES string of the molecule is CC.CC.CC.Cc1ccc(C2CCC(C3CCC(C)CC3)CC2)cc1. The summed E-state index contributed by atoms with van der Waals surface area (Å²) in [5.41, 5.74) is 2.98. The van der Waals surface area contributed by atoms with Gasteiger partial charge in [0.05, 0.1) is 0 Å². The minimum Gasteiger partial charge on any atom is -0.0683 e. The monoisotopic (exact) mass is 360 g/mol. The van der Waals surface area contributed by atoms with E-state index in [1.54, 1.807) is 5.56 Å². The van der Waals surface area contributed by atoms with Crippen LogP contribution in [-0.2, 0) is 0 Å². The van der Waals surface area contributed by atoms with E-state index >= 15 is 0 Å². The Bertz CT molecular complexity index is 400. The van der Waals surface area contributed by atoms with Crippen molar-refractivity contribution in [1.29, 1.82) is 0 Å². The van der Waals surface area contributed by atoms with E-state index in [1.165, 1.54) is 56.9 Å². The van der Waals surface area contributed by atoms with Crippen molar-refractivity contribution in [2.24, 2.45) is 17.8 Å². The molecule has 0 radical (unpaired) electrons. The molecule has 0 nitrogen and oxygen atoms in total. The van der Waals surface area contributed by atoms with E-state index in [2.05, 4.69) is 38.1 Å². The van der Waals surface area contributed by atoms with E-state index in [9.17, 15) is 0 Å². The number of benzene rings is 1. The first-order valence-corrected chi connectivity index (χ1v) is 11.8. The first-order chi connectivity index (χ1) is 12.7. The van der Waals surface area contributed by atoms with E-state index < -0.39 is 0 Å². The van der Waals surface area contributed by atoms with Gasteiger partial charge in [-0.2, -0.15) is 0 Å². The van der Waals surface area contributed by atoms with Crippen molar-refractivity contribution in [3.63, 3.8) is 0 Å². The van der Waals surface area contributed by atoms with Gasteiger partial charge in [0.25, 0.3) is 0 Å². The molecule has 0 saturated heterocycles. The van der Waals surface area contributed by atoms with Gasteiger partial charge in [0.2, 0.25) is 0 Å². The lowest BCUT2D eigenvalue weighted by Crippen LogP contribution is -2.24. The summed E-state index contributed by atoms with van der Waals surface area (Å²) in [4.78, 5) is 0. The maximum atomic E-state index is 2.44. The molecule has 0 atom stereocenters. The fourth-order valence-electron chi connectivity index (χ4n) is 4.52. The molecule has 3 rings (SSSR count). The van der Waals surface area contributed by atoms with Crippen molar-refractivity contribution in [1.82, 2.24) is 0 Å². The number of hydrogen-bond acceptors (Lipinski definition) is 0. The first-order valence-electron chi connectivity index (χ1n) is 11.8. The molecule has 0 aromatic heterocycles. The van der Waals surface area contributed by atoms with Gasteiger partial charge in [-0.3, -0.25) is 0 Å². The summed E-state index contributed by atoms with van der Waals surface area (Å²) in [7, 11) is 0. The lowest BCUT2D eigenvalue weighted by molar-refractivity contribution is 0.165. The molecule has 0 spiro atoms. The average Bonchev–Trinajstić information content (AvgIpc) is 2.74. The summed E-state index contributed by atoms with van der Waals surface area (Å²) >= 11 is 0. The summed E-state index contributed by atoms with van der Waals surface area (Å²) in [6.07, 6.45) is 11.8. The van der Waals surface area contributed by atoms with Crippen molar-refractivity contribution >= 4 is 0 Å². The fourth-order valence-corrected chi connectivity index (χ4v) is 4.52. The molecular formula is C26H48. The molecule has 0 unspecified atom stereocenters. The standard InChI is InChI=1S/C20H30.3C2H6/c1-15-3-7-17(8-4-15)19-11-13-20(14-12-19)18-9-5-16(2)6-10-18;3*1-2/h3-4,7-8,16,18-20H,5-6,9-14H2,1-2H3;3*1-2H3. The zero-order valence-electron chi connectivity index (χ0n) is 19.3. The van der Waals surface area contributed by atoms with Crippen molar-refractivity contribution < 1.29 is 0 Å². The van der Waals surface area contributed by atoms with Crippen LogP contribution in [0.5, 0.6) is 0 Å². The van der Waals surface area contributed by atoms with Gasteiger partial charge in [0.15, 0.2) is 0 Å².